The molecule has 0 radical (unpaired) electrons. The summed E-state index contributed by atoms with van der Waals surface area (Å²) >= 11 is 0. The van der Waals surface area contributed by atoms with E-state index in [0.717, 1.165) is 6.07 Å². The Morgan fingerprint density at radius 1 is 1.17 bits per heavy atom. The van der Waals surface area contributed by atoms with Gasteiger partial charge in [-0.15, -0.1) is 0 Å². The molecule has 0 aliphatic carbocycles. The first kappa shape index (κ1) is 14.6. The van der Waals surface area contributed by atoms with Crippen LogP contribution in [0.2, 0.25) is 0 Å². The van der Waals surface area contributed by atoms with Crippen LogP contribution >= 0.6 is 0 Å². The van der Waals surface area contributed by atoms with Gasteiger partial charge in [-0.2, -0.15) is 13.2 Å². The van der Waals surface area contributed by atoms with E-state index in [4.69, 9.17) is 14.6 Å². The summed E-state index contributed by atoms with van der Waals surface area (Å²) in [4.78, 5) is 0. The molecule has 0 saturated heterocycles. The van der Waals surface area contributed by atoms with Crippen molar-refractivity contribution in [3.8, 4) is 11.5 Å². The minimum atomic E-state index is -4.50. The van der Waals surface area contributed by atoms with E-state index >= 15 is 0 Å². The second-order valence-electron chi connectivity index (χ2n) is 3.88. The molecule has 1 atom stereocenters. The van der Waals surface area contributed by atoms with Crippen molar-refractivity contribution in [3.05, 3.63) is 23.3 Å². The SMILES string of the molecule is COc1cc(C(C)CO)c(C(F)(F)F)cc1OC. The van der Waals surface area contributed by atoms with Gasteiger partial charge < -0.3 is 14.6 Å². The maximum atomic E-state index is 12.9. The van der Waals surface area contributed by atoms with E-state index in [9.17, 15) is 13.2 Å². The van der Waals surface area contributed by atoms with Gasteiger partial charge in [0.1, 0.15) is 0 Å². The molecule has 0 aliphatic rings. The van der Waals surface area contributed by atoms with E-state index in [1.165, 1.54) is 27.2 Å². The van der Waals surface area contributed by atoms with E-state index in [2.05, 4.69) is 0 Å². The molecule has 1 rings (SSSR count). The number of rotatable bonds is 4. The lowest BCUT2D eigenvalue weighted by Crippen LogP contribution is -2.13. The van der Waals surface area contributed by atoms with Gasteiger partial charge in [0.05, 0.1) is 19.8 Å². The Morgan fingerprint density at radius 2 is 1.67 bits per heavy atom. The van der Waals surface area contributed by atoms with Crippen LogP contribution in [0.4, 0.5) is 13.2 Å². The Labute approximate surface area is 103 Å². The van der Waals surface area contributed by atoms with Crippen molar-refractivity contribution in [3.63, 3.8) is 0 Å². The Balaban J connectivity index is 3.46. The fourth-order valence-electron chi connectivity index (χ4n) is 1.65. The maximum Gasteiger partial charge on any atom is 0.416 e. The van der Waals surface area contributed by atoms with Gasteiger partial charge in [-0.25, -0.2) is 0 Å². The van der Waals surface area contributed by atoms with Gasteiger partial charge in [0.25, 0.3) is 0 Å². The van der Waals surface area contributed by atoms with Gasteiger partial charge in [-0.1, -0.05) is 6.92 Å². The van der Waals surface area contributed by atoms with Crippen molar-refractivity contribution in [2.45, 2.75) is 19.0 Å². The van der Waals surface area contributed by atoms with Crippen LogP contribution in [0.15, 0.2) is 12.1 Å². The summed E-state index contributed by atoms with van der Waals surface area (Å²) in [6.45, 7) is 1.13. The van der Waals surface area contributed by atoms with Crippen LogP contribution in [0, 0.1) is 0 Å². The molecule has 3 nitrogen and oxygen atoms in total. The third-order valence-electron chi connectivity index (χ3n) is 2.67. The molecule has 1 N–H and O–H groups in total. The van der Waals surface area contributed by atoms with Crippen molar-refractivity contribution < 1.29 is 27.8 Å². The maximum absolute atomic E-state index is 12.9. The van der Waals surface area contributed by atoms with Crippen LogP contribution in [0.25, 0.3) is 0 Å². The fourth-order valence-corrected chi connectivity index (χ4v) is 1.65. The summed E-state index contributed by atoms with van der Waals surface area (Å²) in [6, 6.07) is 2.14. The van der Waals surface area contributed by atoms with Gasteiger partial charge in [0.15, 0.2) is 11.5 Å². The minimum absolute atomic E-state index is 0.0114. The molecule has 0 saturated carbocycles. The lowest BCUT2D eigenvalue weighted by Gasteiger charge is -2.19. The van der Waals surface area contributed by atoms with Gasteiger partial charge in [-0.05, 0) is 17.7 Å². The lowest BCUT2D eigenvalue weighted by molar-refractivity contribution is -0.138. The number of hydrogen-bond acceptors (Lipinski definition) is 3. The number of halogens is 3. The van der Waals surface area contributed by atoms with Crippen LogP contribution in [0.5, 0.6) is 11.5 Å². The zero-order valence-corrected chi connectivity index (χ0v) is 10.3. The molecule has 0 fully saturated rings. The molecule has 0 aliphatic heterocycles. The van der Waals surface area contributed by atoms with Crippen molar-refractivity contribution >= 4 is 0 Å². The molecule has 0 spiro atoms. The standard InChI is InChI=1S/C12H15F3O3/c1-7(6-16)8-4-10(17-2)11(18-3)5-9(8)12(13,14)15/h4-5,7,16H,6H2,1-3H3. The highest BCUT2D eigenvalue weighted by atomic mass is 19.4. The molecule has 0 aromatic heterocycles. The number of aliphatic hydroxyl groups is 1. The van der Waals surface area contributed by atoms with Gasteiger partial charge in [-0.3, -0.25) is 0 Å². The Bertz CT molecular complexity index is 416. The summed E-state index contributed by atoms with van der Waals surface area (Å²) in [7, 11) is 2.62. The zero-order chi connectivity index (χ0) is 13.9. The van der Waals surface area contributed by atoms with E-state index in [1.807, 2.05) is 0 Å². The molecule has 0 heterocycles. The zero-order valence-electron chi connectivity index (χ0n) is 10.3. The molecule has 6 heteroatoms. The topological polar surface area (TPSA) is 38.7 Å². The van der Waals surface area contributed by atoms with Crippen LogP contribution in [-0.2, 0) is 6.18 Å². The molecule has 18 heavy (non-hydrogen) atoms. The van der Waals surface area contributed by atoms with E-state index < -0.39 is 17.7 Å². The van der Waals surface area contributed by atoms with Crippen molar-refractivity contribution in [1.82, 2.24) is 0 Å². The van der Waals surface area contributed by atoms with Gasteiger partial charge in [0, 0.05) is 12.5 Å². The van der Waals surface area contributed by atoms with E-state index in [1.54, 1.807) is 0 Å². The van der Waals surface area contributed by atoms with Crippen molar-refractivity contribution in [2.24, 2.45) is 0 Å². The second kappa shape index (κ2) is 5.48. The number of alkyl halides is 3. The van der Waals surface area contributed by atoms with Gasteiger partial charge in [0.2, 0.25) is 0 Å². The summed E-state index contributed by atoms with van der Waals surface area (Å²) < 4.78 is 48.6. The molecule has 0 bridgehead atoms. The molecule has 1 aromatic carbocycles. The molecule has 1 unspecified atom stereocenters. The summed E-state index contributed by atoms with van der Waals surface area (Å²) in [5.41, 5.74) is -0.829. The van der Waals surface area contributed by atoms with Crippen LogP contribution in [0.3, 0.4) is 0 Å². The Hall–Kier alpha value is -1.43. The predicted octanol–water partition coefficient (Wildman–Crippen LogP) is 2.82. The van der Waals surface area contributed by atoms with E-state index in [0.29, 0.717) is 0 Å². The third-order valence-corrected chi connectivity index (χ3v) is 2.67. The summed E-state index contributed by atoms with van der Waals surface area (Å²) in [5.74, 6) is -0.416. The van der Waals surface area contributed by atoms with E-state index in [-0.39, 0.29) is 23.7 Å². The second-order valence-corrected chi connectivity index (χ2v) is 3.88. The smallest absolute Gasteiger partial charge is 0.416 e. The number of benzene rings is 1. The first-order chi connectivity index (χ1) is 8.35. The van der Waals surface area contributed by atoms with Crippen LogP contribution < -0.4 is 9.47 Å². The van der Waals surface area contributed by atoms with Crippen molar-refractivity contribution in [1.29, 1.82) is 0 Å². The molecular formula is C12H15F3O3. The highest BCUT2D eigenvalue weighted by Crippen LogP contribution is 2.41. The average molecular weight is 264 g/mol. The summed E-state index contributed by atoms with van der Waals surface area (Å²) in [6.07, 6.45) is -4.50. The first-order valence-electron chi connectivity index (χ1n) is 5.29. The number of ether oxygens (including phenoxy) is 2. The highest BCUT2D eigenvalue weighted by molar-refractivity contribution is 5.49. The Kier molecular flexibility index (Phi) is 4.45. The highest BCUT2D eigenvalue weighted by Gasteiger charge is 2.35. The normalized spacial score (nSPS) is 13.3. The monoisotopic (exact) mass is 264 g/mol. The average Bonchev–Trinajstić information content (AvgIpc) is 2.34. The number of hydrogen-bond donors (Lipinski definition) is 1. The molecular weight excluding hydrogens is 249 g/mol. The third kappa shape index (κ3) is 2.87. The first-order valence-corrected chi connectivity index (χ1v) is 5.29. The Morgan fingerprint density at radius 3 is 2.06 bits per heavy atom. The molecule has 102 valence electrons. The minimum Gasteiger partial charge on any atom is -0.493 e. The predicted molar refractivity (Wildman–Crippen MR) is 60.0 cm³/mol. The summed E-state index contributed by atoms with van der Waals surface area (Å²) in [5, 5.41) is 9.03. The largest absolute Gasteiger partial charge is 0.493 e. The number of aliphatic hydroxyl groups excluding tert-OH is 1. The van der Waals surface area contributed by atoms with Crippen LogP contribution in [-0.4, -0.2) is 25.9 Å². The molecule has 0 amide bonds. The quantitative estimate of drug-likeness (QED) is 0.908. The fraction of sp³-hybridized carbons (Fsp3) is 0.500. The van der Waals surface area contributed by atoms with Crippen molar-refractivity contribution in [2.75, 3.05) is 20.8 Å². The van der Waals surface area contributed by atoms with Gasteiger partial charge >= 0.3 is 6.18 Å². The van der Waals surface area contributed by atoms with Crippen LogP contribution in [0.1, 0.15) is 24.0 Å². The number of methoxy groups -OCH3 is 2. The molecule has 1 aromatic rings. The lowest BCUT2D eigenvalue weighted by atomic mass is 9.95.